The van der Waals surface area contributed by atoms with Crippen LogP contribution < -0.4 is 0 Å². The van der Waals surface area contributed by atoms with E-state index in [9.17, 15) is 0 Å². The fourth-order valence-electron chi connectivity index (χ4n) is 2.58. The van der Waals surface area contributed by atoms with Gasteiger partial charge in [-0.1, -0.05) is 62.2 Å². The molecule has 15 heavy (non-hydrogen) atoms. The highest BCUT2D eigenvalue weighted by Gasteiger charge is 2.46. The van der Waals surface area contributed by atoms with Gasteiger partial charge in [0.05, 0.1) is 0 Å². The van der Waals surface area contributed by atoms with Gasteiger partial charge >= 0.3 is 0 Å². The van der Waals surface area contributed by atoms with Gasteiger partial charge in [0.1, 0.15) is 0 Å². The van der Waals surface area contributed by atoms with Gasteiger partial charge in [-0.2, -0.15) is 0 Å². The van der Waals surface area contributed by atoms with E-state index in [2.05, 4.69) is 51.1 Å². The molecule has 0 heteroatoms. The average Bonchev–Trinajstić information content (AvgIpc) is 2.96. The molecule has 1 saturated carbocycles. The largest absolute Gasteiger partial charge is 0.0706 e. The Kier molecular flexibility index (Phi) is 2.68. The van der Waals surface area contributed by atoms with E-state index in [0.717, 1.165) is 0 Å². The van der Waals surface area contributed by atoms with Gasteiger partial charge in [-0.25, -0.2) is 0 Å². The first-order valence-electron chi connectivity index (χ1n) is 5.99. The lowest BCUT2D eigenvalue weighted by molar-refractivity contribution is 0.811. The van der Waals surface area contributed by atoms with Crippen molar-refractivity contribution in [1.82, 2.24) is 0 Å². The molecule has 0 amide bonds. The molecule has 0 nitrogen and oxygen atoms in total. The first kappa shape index (κ1) is 10.5. The number of hydrogen-bond acceptors (Lipinski definition) is 0. The van der Waals surface area contributed by atoms with E-state index >= 15 is 0 Å². The van der Waals surface area contributed by atoms with E-state index in [1.165, 1.54) is 24.8 Å². The minimum absolute atomic E-state index is 0.364. The second kappa shape index (κ2) is 3.84. The van der Waals surface area contributed by atoms with Crippen molar-refractivity contribution in [3.8, 4) is 0 Å². The zero-order valence-corrected chi connectivity index (χ0v) is 10.0. The molecule has 0 heterocycles. The lowest BCUT2D eigenvalue weighted by Crippen LogP contribution is -2.00. The highest BCUT2D eigenvalue weighted by molar-refractivity contribution is 5.50. The zero-order chi connectivity index (χ0) is 10.9. The molecule has 1 aliphatic carbocycles. The number of allylic oxidation sites excluding steroid dienone is 2. The number of benzene rings is 1. The van der Waals surface area contributed by atoms with Crippen molar-refractivity contribution in [1.29, 1.82) is 0 Å². The number of rotatable bonds is 3. The fourth-order valence-corrected chi connectivity index (χ4v) is 2.58. The topological polar surface area (TPSA) is 0 Å². The van der Waals surface area contributed by atoms with Gasteiger partial charge in [0.15, 0.2) is 0 Å². The summed E-state index contributed by atoms with van der Waals surface area (Å²) < 4.78 is 0. The van der Waals surface area contributed by atoms with Crippen LogP contribution in [0.1, 0.15) is 45.6 Å². The Morgan fingerprint density at radius 3 is 2.27 bits per heavy atom. The van der Waals surface area contributed by atoms with Gasteiger partial charge in [0.2, 0.25) is 0 Å². The van der Waals surface area contributed by atoms with E-state index in [0.29, 0.717) is 5.41 Å². The Balaban J connectivity index is 2.31. The van der Waals surface area contributed by atoms with Crippen molar-refractivity contribution in [3.63, 3.8) is 0 Å². The van der Waals surface area contributed by atoms with Gasteiger partial charge in [-0.15, -0.1) is 0 Å². The summed E-state index contributed by atoms with van der Waals surface area (Å²) in [5, 5.41) is 0. The third-order valence-corrected chi connectivity index (χ3v) is 3.76. The first-order valence-corrected chi connectivity index (χ1v) is 5.99. The summed E-state index contributed by atoms with van der Waals surface area (Å²) in [5.41, 5.74) is 5.21. The monoisotopic (exact) mass is 200 g/mol. The molecule has 1 atom stereocenters. The van der Waals surface area contributed by atoms with Crippen LogP contribution in [0.15, 0.2) is 41.5 Å². The van der Waals surface area contributed by atoms with Gasteiger partial charge in [-0.05, 0) is 24.8 Å². The summed E-state index contributed by atoms with van der Waals surface area (Å²) in [6.45, 7) is 6.92. The van der Waals surface area contributed by atoms with Crippen LogP contribution >= 0.6 is 0 Å². The summed E-state index contributed by atoms with van der Waals surface area (Å²) in [4.78, 5) is 0. The van der Waals surface area contributed by atoms with Crippen LogP contribution in [0.3, 0.4) is 0 Å². The van der Waals surface area contributed by atoms with Crippen molar-refractivity contribution >= 4 is 0 Å². The normalized spacial score (nSPS) is 24.1. The summed E-state index contributed by atoms with van der Waals surface area (Å²) in [7, 11) is 0. The predicted molar refractivity (Wildman–Crippen MR) is 66.0 cm³/mol. The zero-order valence-electron chi connectivity index (χ0n) is 10.0. The van der Waals surface area contributed by atoms with Crippen molar-refractivity contribution in [2.24, 2.45) is 0 Å². The van der Waals surface area contributed by atoms with Crippen molar-refractivity contribution in [3.05, 3.63) is 47.0 Å². The maximum atomic E-state index is 2.38. The molecule has 0 aliphatic heterocycles. The molecule has 0 radical (unpaired) electrons. The van der Waals surface area contributed by atoms with Crippen molar-refractivity contribution < 1.29 is 0 Å². The molecule has 0 N–H and O–H groups in total. The third kappa shape index (κ3) is 1.73. The number of hydrogen-bond donors (Lipinski definition) is 0. The Morgan fingerprint density at radius 1 is 1.13 bits per heavy atom. The Hall–Kier alpha value is -1.04. The highest BCUT2D eigenvalue weighted by atomic mass is 14.5. The summed E-state index contributed by atoms with van der Waals surface area (Å²) in [6.07, 6.45) is 3.70. The Labute approximate surface area is 93.0 Å². The van der Waals surface area contributed by atoms with E-state index in [-0.39, 0.29) is 0 Å². The minimum atomic E-state index is 0.364. The van der Waals surface area contributed by atoms with E-state index in [1.807, 2.05) is 0 Å². The molecule has 1 aromatic carbocycles. The molecule has 80 valence electrons. The molecule has 1 aliphatic rings. The van der Waals surface area contributed by atoms with Crippen LogP contribution in [-0.4, -0.2) is 0 Å². The van der Waals surface area contributed by atoms with Crippen LogP contribution in [0.4, 0.5) is 0 Å². The molecule has 0 spiro atoms. The standard InChI is InChI=1S/C15H20/c1-4-12(5-2)14-11-15(14,3)13-9-7-6-8-10-13/h6-10H,4-5,11H2,1-3H3. The maximum absolute atomic E-state index is 2.38. The van der Waals surface area contributed by atoms with Crippen LogP contribution in [0.2, 0.25) is 0 Å². The first-order chi connectivity index (χ1) is 7.22. The summed E-state index contributed by atoms with van der Waals surface area (Å²) in [6, 6.07) is 10.9. The Morgan fingerprint density at radius 2 is 1.73 bits per heavy atom. The van der Waals surface area contributed by atoms with Gasteiger partial charge in [-0.3, -0.25) is 0 Å². The molecule has 1 fully saturated rings. The van der Waals surface area contributed by atoms with E-state index in [4.69, 9.17) is 0 Å². The quantitative estimate of drug-likeness (QED) is 0.632. The molecule has 0 aromatic heterocycles. The predicted octanol–water partition coefficient (Wildman–Crippen LogP) is 4.46. The highest BCUT2D eigenvalue weighted by Crippen LogP contribution is 2.55. The van der Waals surface area contributed by atoms with Crippen LogP contribution in [0.5, 0.6) is 0 Å². The van der Waals surface area contributed by atoms with Crippen molar-refractivity contribution in [2.45, 2.75) is 45.4 Å². The van der Waals surface area contributed by atoms with Crippen LogP contribution in [-0.2, 0) is 5.41 Å². The SMILES string of the molecule is CCC(CC)=C1CC1(C)c1ccccc1. The lowest BCUT2D eigenvalue weighted by Gasteiger charge is -2.09. The maximum Gasteiger partial charge on any atom is 0.0174 e. The van der Waals surface area contributed by atoms with Crippen molar-refractivity contribution in [2.75, 3.05) is 0 Å². The summed E-state index contributed by atoms with van der Waals surface area (Å²) in [5.74, 6) is 0. The van der Waals surface area contributed by atoms with E-state index < -0.39 is 0 Å². The minimum Gasteiger partial charge on any atom is -0.0706 e. The van der Waals surface area contributed by atoms with Gasteiger partial charge in [0.25, 0.3) is 0 Å². The van der Waals surface area contributed by atoms with E-state index in [1.54, 1.807) is 11.1 Å². The molecule has 1 aromatic rings. The fraction of sp³-hybridized carbons (Fsp3) is 0.467. The molecule has 2 rings (SSSR count). The third-order valence-electron chi connectivity index (χ3n) is 3.76. The van der Waals surface area contributed by atoms with Gasteiger partial charge in [0, 0.05) is 5.41 Å². The molecule has 1 unspecified atom stereocenters. The molecule has 0 bridgehead atoms. The smallest absolute Gasteiger partial charge is 0.0174 e. The molecular formula is C15H20. The van der Waals surface area contributed by atoms with Crippen LogP contribution in [0.25, 0.3) is 0 Å². The lowest BCUT2D eigenvalue weighted by atomic mass is 9.95. The molecule has 0 saturated heterocycles. The second-order valence-corrected chi connectivity index (χ2v) is 4.66. The van der Waals surface area contributed by atoms with Gasteiger partial charge < -0.3 is 0 Å². The summed E-state index contributed by atoms with van der Waals surface area (Å²) >= 11 is 0. The molecular weight excluding hydrogens is 180 g/mol. The Bertz CT molecular complexity index is 366. The van der Waals surface area contributed by atoms with Crippen LogP contribution in [0, 0.1) is 0 Å². The second-order valence-electron chi connectivity index (χ2n) is 4.66. The average molecular weight is 200 g/mol.